The summed E-state index contributed by atoms with van der Waals surface area (Å²) in [6.07, 6.45) is 0. The van der Waals surface area contributed by atoms with Crippen molar-refractivity contribution in [1.82, 2.24) is 9.47 Å². The number of azide groups is 1. The van der Waals surface area contributed by atoms with Gasteiger partial charge in [0.15, 0.2) is 5.78 Å². The Bertz CT molecular complexity index is 1840. The summed E-state index contributed by atoms with van der Waals surface area (Å²) in [5, 5.41) is 6.13. The molecule has 0 bridgehead atoms. The minimum absolute atomic E-state index is 0.00399. The van der Waals surface area contributed by atoms with Crippen LogP contribution in [-0.4, -0.2) is 134 Å². The fourth-order valence-electron chi connectivity index (χ4n) is 6.83. The molecule has 2 aliphatic heterocycles. The predicted octanol–water partition coefficient (Wildman–Crippen LogP) is 5.37. The van der Waals surface area contributed by atoms with Crippen LogP contribution in [0.25, 0.3) is 32.1 Å². The Kier molecular flexibility index (Phi) is 14.7. The number of hydrogen-bond donors (Lipinski definition) is 0. The molecule has 1 atom stereocenters. The van der Waals surface area contributed by atoms with Gasteiger partial charge in [-0.2, -0.15) is 0 Å². The molecule has 0 unspecified atom stereocenters. The van der Waals surface area contributed by atoms with Gasteiger partial charge in [-0.1, -0.05) is 35.4 Å². The molecule has 14 nitrogen and oxygen atoms in total. The van der Waals surface area contributed by atoms with Crippen LogP contribution in [-0.2, 0) is 28.4 Å². The standard InChI is InChI=1S/C39H49N5O9/c1-29-37(35-6-3-7-36-38(35)44(29)31(28-53-36)27-43-11-14-47-15-12-43)39(45)34-5-2-4-30-26-32(8-9-33(30)34)52-25-24-51-23-22-50-21-20-49-19-18-48-17-16-46-13-10-41-42-40/h2-9,26,31H,10-25,27-28H2,1H3/t31-/m1/s1. The fraction of sp³-hybridized carbons (Fsp3) is 0.513. The van der Waals surface area contributed by atoms with Crippen LogP contribution in [0.3, 0.4) is 0 Å². The number of ketones is 1. The molecule has 53 heavy (non-hydrogen) atoms. The normalized spacial score (nSPS) is 15.8. The molecule has 1 fully saturated rings. The van der Waals surface area contributed by atoms with E-state index >= 15 is 0 Å². The van der Waals surface area contributed by atoms with Gasteiger partial charge in [-0.25, -0.2) is 0 Å². The molecule has 14 heteroatoms. The highest BCUT2D eigenvalue weighted by molar-refractivity contribution is 6.22. The van der Waals surface area contributed by atoms with E-state index in [0.717, 1.165) is 71.5 Å². The Hall–Kier alpha value is -4.24. The van der Waals surface area contributed by atoms with Crippen LogP contribution in [0.2, 0.25) is 0 Å². The summed E-state index contributed by atoms with van der Waals surface area (Å²) in [6.45, 7) is 12.0. The van der Waals surface area contributed by atoms with Crippen molar-refractivity contribution >= 4 is 27.5 Å². The van der Waals surface area contributed by atoms with Gasteiger partial charge in [0.2, 0.25) is 0 Å². The topological polar surface area (TPSA) is 148 Å². The second kappa shape index (κ2) is 20.3. The van der Waals surface area contributed by atoms with Crippen molar-refractivity contribution in [2.45, 2.75) is 13.0 Å². The van der Waals surface area contributed by atoms with Gasteiger partial charge in [-0.3, -0.25) is 9.69 Å². The van der Waals surface area contributed by atoms with Crippen molar-refractivity contribution < 1.29 is 42.7 Å². The first kappa shape index (κ1) is 38.5. The van der Waals surface area contributed by atoms with Crippen LogP contribution in [0.15, 0.2) is 59.7 Å². The van der Waals surface area contributed by atoms with Gasteiger partial charge in [0.25, 0.3) is 0 Å². The van der Waals surface area contributed by atoms with E-state index in [1.54, 1.807) is 0 Å². The van der Waals surface area contributed by atoms with Gasteiger partial charge in [-0.05, 0) is 47.5 Å². The van der Waals surface area contributed by atoms with E-state index in [1.807, 2.05) is 54.6 Å². The molecule has 0 N–H and O–H groups in total. The Balaban J connectivity index is 0.939. The second-order valence-corrected chi connectivity index (χ2v) is 12.7. The zero-order valence-electron chi connectivity index (χ0n) is 30.4. The molecule has 284 valence electrons. The van der Waals surface area contributed by atoms with E-state index in [4.69, 9.17) is 43.4 Å². The summed E-state index contributed by atoms with van der Waals surface area (Å²) in [6, 6.07) is 17.8. The van der Waals surface area contributed by atoms with Crippen molar-refractivity contribution in [3.05, 3.63) is 81.9 Å². The number of benzene rings is 3. The maximum Gasteiger partial charge on any atom is 0.196 e. The summed E-state index contributed by atoms with van der Waals surface area (Å²) < 4.78 is 47.5. The van der Waals surface area contributed by atoms with Crippen molar-refractivity contribution in [2.24, 2.45) is 5.11 Å². The van der Waals surface area contributed by atoms with Crippen molar-refractivity contribution in [3.63, 3.8) is 0 Å². The quantitative estimate of drug-likeness (QED) is 0.0321. The summed E-state index contributed by atoms with van der Waals surface area (Å²) in [5.41, 5.74) is 11.5. The minimum Gasteiger partial charge on any atom is -0.491 e. The van der Waals surface area contributed by atoms with Crippen LogP contribution in [0.5, 0.6) is 11.5 Å². The Morgan fingerprint density at radius 3 is 2.19 bits per heavy atom. The summed E-state index contributed by atoms with van der Waals surface area (Å²) in [4.78, 5) is 19.5. The van der Waals surface area contributed by atoms with E-state index in [1.165, 1.54) is 0 Å². The zero-order valence-corrected chi connectivity index (χ0v) is 30.4. The second-order valence-electron chi connectivity index (χ2n) is 12.7. The Morgan fingerprint density at radius 1 is 0.830 bits per heavy atom. The Labute approximate surface area is 309 Å². The maximum absolute atomic E-state index is 14.4. The van der Waals surface area contributed by atoms with E-state index < -0.39 is 0 Å². The maximum atomic E-state index is 14.4. The van der Waals surface area contributed by atoms with Crippen LogP contribution in [0, 0.1) is 6.92 Å². The van der Waals surface area contributed by atoms with Gasteiger partial charge in [0.05, 0.1) is 96.4 Å². The average molecular weight is 732 g/mol. The van der Waals surface area contributed by atoms with Crippen molar-refractivity contribution in [2.75, 3.05) is 119 Å². The van der Waals surface area contributed by atoms with E-state index in [2.05, 4.69) is 26.4 Å². The molecule has 3 heterocycles. The number of carbonyl (C=O) groups excluding carboxylic acids is 1. The monoisotopic (exact) mass is 731 g/mol. The van der Waals surface area contributed by atoms with Crippen LogP contribution in [0.1, 0.15) is 27.7 Å². The van der Waals surface area contributed by atoms with E-state index in [9.17, 15) is 4.79 Å². The first-order chi connectivity index (χ1) is 26.2. The number of morpholine rings is 1. The van der Waals surface area contributed by atoms with E-state index in [0.29, 0.717) is 97.1 Å². The molecular formula is C39H49N5O9. The van der Waals surface area contributed by atoms with Gasteiger partial charge in [0.1, 0.15) is 24.7 Å². The highest BCUT2D eigenvalue weighted by atomic mass is 16.6. The van der Waals surface area contributed by atoms with Gasteiger partial charge in [-0.15, -0.1) is 0 Å². The predicted molar refractivity (Wildman–Crippen MR) is 199 cm³/mol. The largest absolute Gasteiger partial charge is 0.491 e. The van der Waals surface area contributed by atoms with Gasteiger partial charge >= 0.3 is 0 Å². The molecule has 0 amide bonds. The molecule has 0 spiro atoms. The number of hydrogen-bond acceptors (Lipinski definition) is 11. The summed E-state index contributed by atoms with van der Waals surface area (Å²) >= 11 is 0. The third-order valence-corrected chi connectivity index (χ3v) is 9.31. The molecule has 1 saturated heterocycles. The molecule has 0 aliphatic carbocycles. The molecule has 3 aromatic carbocycles. The lowest BCUT2D eigenvalue weighted by molar-refractivity contribution is -0.0122. The van der Waals surface area contributed by atoms with E-state index in [-0.39, 0.29) is 11.8 Å². The number of rotatable bonds is 23. The first-order valence-electron chi connectivity index (χ1n) is 18.3. The van der Waals surface area contributed by atoms with Crippen molar-refractivity contribution in [3.8, 4) is 11.5 Å². The number of fused-ring (bicyclic) bond motifs is 1. The third kappa shape index (κ3) is 10.3. The first-order valence-corrected chi connectivity index (χ1v) is 18.3. The molecular weight excluding hydrogens is 682 g/mol. The van der Waals surface area contributed by atoms with Crippen LogP contribution in [0.4, 0.5) is 0 Å². The molecule has 0 saturated carbocycles. The van der Waals surface area contributed by atoms with Gasteiger partial charge < -0.3 is 42.5 Å². The lowest BCUT2D eigenvalue weighted by Gasteiger charge is -2.34. The highest BCUT2D eigenvalue weighted by Crippen LogP contribution is 2.40. The number of ether oxygens (including phenoxy) is 8. The molecule has 6 rings (SSSR count). The fourth-order valence-corrected chi connectivity index (χ4v) is 6.83. The molecule has 1 aromatic heterocycles. The molecule has 4 aromatic rings. The lowest BCUT2D eigenvalue weighted by Crippen LogP contribution is -2.42. The number of nitrogens with zero attached hydrogens (tertiary/aromatic N) is 5. The zero-order chi connectivity index (χ0) is 36.7. The minimum atomic E-state index is 0.00399. The Morgan fingerprint density at radius 2 is 1.49 bits per heavy atom. The summed E-state index contributed by atoms with van der Waals surface area (Å²) in [5.74, 6) is 1.54. The average Bonchev–Trinajstić information content (AvgIpc) is 3.49. The smallest absolute Gasteiger partial charge is 0.196 e. The number of aromatic nitrogens is 1. The molecule has 2 aliphatic rings. The van der Waals surface area contributed by atoms with Gasteiger partial charge in [0, 0.05) is 47.7 Å². The van der Waals surface area contributed by atoms with Crippen LogP contribution >= 0.6 is 0 Å². The summed E-state index contributed by atoms with van der Waals surface area (Å²) in [7, 11) is 0. The van der Waals surface area contributed by atoms with Crippen molar-refractivity contribution in [1.29, 1.82) is 0 Å². The molecule has 0 radical (unpaired) electrons. The third-order valence-electron chi connectivity index (χ3n) is 9.31. The number of carbonyl (C=O) groups is 1. The number of para-hydroxylation sites is 1. The lowest BCUT2D eigenvalue weighted by atomic mass is 9.95. The van der Waals surface area contributed by atoms with Crippen LogP contribution < -0.4 is 9.47 Å². The SMILES string of the molecule is Cc1c(C(=O)c2cccc3cc(OCCOCCOCCOCCOCCOCCN=[N+]=[N-])ccc23)c2cccc3c2n1[C@H](CN1CCOCC1)CO3. The highest BCUT2D eigenvalue weighted by Gasteiger charge is 2.32.